The van der Waals surface area contributed by atoms with Gasteiger partial charge in [-0.15, -0.1) is 0 Å². The molecule has 0 unspecified atom stereocenters. The zero-order chi connectivity index (χ0) is 24.2. The Morgan fingerprint density at radius 2 is 1.65 bits per heavy atom. The number of allylic oxidation sites excluding steroid dienone is 2. The molecule has 1 saturated heterocycles. The molecule has 5 rings (SSSR count). The third-order valence-electron chi connectivity index (χ3n) is 6.94. The van der Waals surface area contributed by atoms with Crippen LogP contribution >= 0.6 is 11.6 Å². The highest BCUT2D eigenvalue weighted by atomic mass is 35.5. The largest absolute Gasteiger partial charge is 0.416 e. The number of amides is 3. The summed E-state index contributed by atoms with van der Waals surface area (Å²) in [6, 6.07) is 10.2. The summed E-state index contributed by atoms with van der Waals surface area (Å²) in [6.07, 6.45) is 0.0570. The van der Waals surface area contributed by atoms with E-state index in [1.54, 1.807) is 30.3 Å². The van der Waals surface area contributed by atoms with Gasteiger partial charge in [0.05, 0.1) is 28.1 Å². The van der Waals surface area contributed by atoms with Crippen LogP contribution in [-0.4, -0.2) is 28.7 Å². The van der Waals surface area contributed by atoms with Crippen LogP contribution in [0.3, 0.4) is 0 Å². The van der Waals surface area contributed by atoms with Crippen molar-refractivity contribution in [1.82, 2.24) is 4.90 Å². The van der Waals surface area contributed by atoms with E-state index >= 15 is 0 Å². The van der Waals surface area contributed by atoms with Crippen molar-refractivity contribution < 1.29 is 27.6 Å². The molecule has 3 aliphatic rings. The summed E-state index contributed by atoms with van der Waals surface area (Å²) in [5.41, 5.74) is -0.505. The van der Waals surface area contributed by atoms with Gasteiger partial charge in [0.2, 0.25) is 17.7 Å². The molecule has 1 aliphatic heterocycles. The van der Waals surface area contributed by atoms with Crippen molar-refractivity contribution in [2.75, 3.05) is 5.32 Å². The molecule has 2 aromatic rings. The van der Waals surface area contributed by atoms with Gasteiger partial charge >= 0.3 is 6.18 Å². The van der Waals surface area contributed by atoms with E-state index in [9.17, 15) is 27.6 Å². The fraction of sp³-hybridized carbons (Fsp3) is 0.320. The molecule has 1 N–H and O–H groups in total. The monoisotopic (exact) mass is 488 g/mol. The standard InChI is InChI=1S/C25H20ClF3N2O3/c26-17-9-8-16(25(27,28)29)12-18(17)30-22(32)19(10-13-4-2-1-3-5-13)31-23(33)20-14-6-7-15(11-14)21(20)24(31)34/h1-9,12,14-15,19-21H,10-11H2,(H,30,32)/t14-,15+,19-,20-,21+/m1/s1. The van der Waals surface area contributed by atoms with Crippen LogP contribution in [0.25, 0.3) is 0 Å². The van der Waals surface area contributed by atoms with Crippen molar-refractivity contribution in [1.29, 1.82) is 0 Å². The maximum absolute atomic E-state index is 13.4. The first-order chi connectivity index (χ1) is 16.1. The zero-order valence-corrected chi connectivity index (χ0v) is 18.5. The van der Waals surface area contributed by atoms with Gasteiger partial charge in [-0.05, 0) is 42.0 Å². The lowest BCUT2D eigenvalue weighted by molar-refractivity contribution is -0.147. The molecule has 176 valence electrons. The van der Waals surface area contributed by atoms with Crippen LogP contribution in [0.4, 0.5) is 18.9 Å². The van der Waals surface area contributed by atoms with Crippen LogP contribution < -0.4 is 5.32 Å². The van der Waals surface area contributed by atoms with Crippen molar-refractivity contribution in [2.45, 2.75) is 25.1 Å². The summed E-state index contributed by atoms with van der Waals surface area (Å²) in [5.74, 6) is -2.63. The van der Waals surface area contributed by atoms with E-state index in [1.165, 1.54) is 0 Å². The Kier molecular flexibility index (Phi) is 5.51. The summed E-state index contributed by atoms with van der Waals surface area (Å²) in [7, 11) is 0. The molecule has 2 aliphatic carbocycles. The zero-order valence-electron chi connectivity index (χ0n) is 17.8. The van der Waals surface area contributed by atoms with Gasteiger partial charge in [-0.3, -0.25) is 19.3 Å². The molecule has 5 atom stereocenters. The molecular weight excluding hydrogens is 469 g/mol. The Morgan fingerprint density at radius 1 is 1.03 bits per heavy atom. The van der Waals surface area contributed by atoms with Gasteiger partial charge in [0, 0.05) is 6.42 Å². The molecule has 5 nitrogen and oxygen atoms in total. The number of fused-ring (bicyclic) bond motifs is 5. The van der Waals surface area contributed by atoms with Gasteiger partial charge < -0.3 is 5.32 Å². The third-order valence-corrected chi connectivity index (χ3v) is 7.27. The smallest absolute Gasteiger partial charge is 0.323 e. The number of benzene rings is 2. The number of nitrogens with one attached hydrogen (secondary N) is 1. The second kappa shape index (κ2) is 8.27. The highest BCUT2D eigenvalue weighted by Gasteiger charge is 2.61. The first kappa shape index (κ1) is 22.7. The Morgan fingerprint density at radius 3 is 2.24 bits per heavy atom. The van der Waals surface area contributed by atoms with Gasteiger partial charge in [0.25, 0.3) is 0 Å². The second-order valence-corrected chi connectivity index (χ2v) is 9.34. The van der Waals surface area contributed by atoms with Crippen molar-refractivity contribution in [3.63, 3.8) is 0 Å². The number of likely N-dealkylation sites (tertiary alicyclic amines) is 1. The van der Waals surface area contributed by atoms with Gasteiger partial charge in [-0.25, -0.2) is 0 Å². The Balaban J connectivity index is 1.47. The summed E-state index contributed by atoms with van der Waals surface area (Å²) in [5, 5.41) is 2.35. The van der Waals surface area contributed by atoms with E-state index in [2.05, 4.69) is 5.32 Å². The molecule has 1 heterocycles. The van der Waals surface area contributed by atoms with E-state index < -0.39 is 47.3 Å². The number of hydrogen-bond donors (Lipinski definition) is 1. The van der Waals surface area contributed by atoms with Crippen LogP contribution in [0.2, 0.25) is 5.02 Å². The molecule has 34 heavy (non-hydrogen) atoms. The SMILES string of the molecule is O=C(Nc1cc(C(F)(F)F)ccc1Cl)[C@@H](Cc1ccccc1)N1C(=O)[C@@H]2[C@H](C1=O)[C@@H]1C=C[C@H]2C1. The highest BCUT2D eigenvalue weighted by molar-refractivity contribution is 6.33. The fourth-order valence-corrected chi connectivity index (χ4v) is 5.55. The topological polar surface area (TPSA) is 66.5 Å². The minimum atomic E-state index is -4.63. The highest BCUT2D eigenvalue weighted by Crippen LogP contribution is 2.53. The van der Waals surface area contributed by atoms with Crippen molar-refractivity contribution in [2.24, 2.45) is 23.7 Å². The van der Waals surface area contributed by atoms with Gasteiger partial charge in [0.15, 0.2) is 0 Å². The van der Waals surface area contributed by atoms with E-state index in [0.29, 0.717) is 5.56 Å². The molecule has 3 amide bonds. The summed E-state index contributed by atoms with van der Waals surface area (Å²) < 4.78 is 39.5. The molecule has 2 aromatic carbocycles. The number of hydrogen-bond acceptors (Lipinski definition) is 3. The first-order valence-electron chi connectivity index (χ1n) is 10.9. The van der Waals surface area contributed by atoms with Gasteiger partial charge in [0.1, 0.15) is 6.04 Å². The summed E-state index contributed by atoms with van der Waals surface area (Å²) in [6.45, 7) is 0. The predicted molar refractivity (Wildman–Crippen MR) is 119 cm³/mol. The minimum Gasteiger partial charge on any atom is -0.323 e. The molecule has 1 saturated carbocycles. The fourth-order valence-electron chi connectivity index (χ4n) is 5.38. The number of alkyl halides is 3. The molecule has 9 heteroatoms. The van der Waals surface area contributed by atoms with E-state index in [0.717, 1.165) is 29.5 Å². The number of carbonyl (C=O) groups is 3. The summed E-state index contributed by atoms with van der Waals surface area (Å²) in [4.78, 5) is 41.1. The average Bonchev–Trinajstić information content (AvgIpc) is 3.47. The van der Waals surface area contributed by atoms with Crippen LogP contribution in [0.1, 0.15) is 17.5 Å². The number of anilines is 1. The molecular formula is C25H20ClF3N2O3. The van der Waals surface area contributed by atoms with Crippen LogP contribution in [0, 0.1) is 23.7 Å². The Bertz CT molecular complexity index is 1170. The molecule has 0 aromatic heterocycles. The lowest BCUT2D eigenvalue weighted by atomic mass is 9.85. The lowest BCUT2D eigenvalue weighted by Gasteiger charge is -2.27. The quantitative estimate of drug-likeness (QED) is 0.489. The number of rotatable bonds is 5. The molecule has 0 radical (unpaired) electrons. The second-order valence-electron chi connectivity index (χ2n) is 8.93. The number of carbonyl (C=O) groups excluding carboxylic acids is 3. The number of nitrogens with zero attached hydrogens (tertiary/aromatic N) is 1. The van der Waals surface area contributed by atoms with Crippen LogP contribution in [0.15, 0.2) is 60.7 Å². The van der Waals surface area contributed by atoms with E-state index in [-0.39, 0.29) is 29.0 Å². The third kappa shape index (κ3) is 3.79. The molecule has 2 bridgehead atoms. The van der Waals surface area contributed by atoms with E-state index in [1.807, 2.05) is 12.2 Å². The predicted octanol–water partition coefficient (Wildman–Crippen LogP) is 4.72. The summed E-state index contributed by atoms with van der Waals surface area (Å²) >= 11 is 6.06. The minimum absolute atomic E-state index is 0.0307. The van der Waals surface area contributed by atoms with Gasteiger partial charge in [-0.1, -0.05) is 54.1 Å². The van der Waals surface area contributed by atoms with Crippen molar-refractivity contribution in [3.8, 4) is 0 Å². The normalized spacial score (nSPS) is 26.2. The number of imide groups is 1. The average molecular weight is 489 g/mol. The Hall–Kier alpha value is -3.13. The molecule has 2 fully saturated rings. The van der Waals surface area contributed by atoms with E-state index in [4.69, 9.17) is 11.6 Å². The van der Waals surface area contributed by atoms with Crippen LogP contribution in [0.5, 0.6) is 0 Å². The van der Waals surface area contributed by atoms with Crippen LogP contribution in [-0.2, 0) is 27.0 Å². The first-order valence-corrected chi connectivity index (χ1v) is 11.3. The number of halogens is 4. The molecule has 0 spiro atoms. The van der Waals surface area contributed by atoms with Crippen molar-refractivity contribution >= 4 is 35.0 Å². The maximum atomic E-state index is 13.4. The lowest BCUT2D eigenvalue weighted by Crippen LogP contribution is -2.49. The van der Waals surface area contributed by atoms with Gasteiger partial charge in [-0.2, -0.15) is 13.2 Å². The van der Waals surface area contributed by atoms with Crippen molar-refractivity contribution in [3.05, 3.63) is 76.8 Å². The Labute approximate surface area is 198 Å². The maximum Gasteiger partial charge on any atom is 0.416 e.